The van der Waals surface area contributed by atoms with Crippen LogP contribution in [0.5, 0.6) is 5.75 Å². The van der Waals surface area contributed by atoms with Gasteiger partial charge in [0.1, 0.15) is 11.6 Å². The van der Waals surface area contributed by atoms with Crippen molar-refractivity contribution in [1.82, 2.24) is 9.47 Å². The van der Waals surface area contributed by atoms with E-state index >= 15 is 0 Å². The molecule has 0 aliphatic carbocycles. The van der Waals surface area contributed by atoms with Gasteiger partial charge < -0.3 is 14.7 Å². The molecule has 2 aromatic heterocycles. The first kappa shape index (κ1) is 32.9. The van der Waals surface area contributed by atoms with Crippen LogP contribution < -0.4 is 10.5 Å². The summed E-state index contributed by atoms with van der Waals surface area (Å²) in [6.45, 7) is 6.28. The number of benzene rings is 2. The van der Waals surface area contributed by atoms with Gasteiger partial charge in [-0.3, -0.25) is 19.1 Å². The van der Waals surface area contributed by atoms with E-state index in [4.69, 9.17) is 4.74 Å². The summed E-state index contributed by atoms with van der Waals surface area (Å²) in [5.41, 5.74) is 2.16. The van der Waals surface area contributed by atoms with Crippen molar-refractivity contribution in [3.63, 3.8) is 0 Å². The number of aromatic nitrogens is 1. The second-order valence-corrected chi connectivity index (χ2v) is 13.2. The van der Waals surface area contributed by atoms with Gasteiger partial charge in [-0.05, 0) is 54.1 Å². The largest absolute Gasteiger partial charge is 0.507 e. The minimum atomic E-state index is -0.402. The van der Waals surface area contributed by atoms with Gasteiger partial charge in [-0.2, -0.15) is 0 Å². The minimum Gasteiger partial charge on any atom is -0.507 e. The van der Waals surface area contributed by atoms with Gasteiger partial charge in [-0.1, -0.05) is 64.4 Å². The number of thiophene rings is 1. The quantitative estimate of drug-likeness (QED) is 0.0999. The van der Waals surface area contributed by atoms with E-state index in [1.54, 1.807) is 23.5 Å². The molecule has 1 aliphatic heterocycles. The summed E-state index contributed by atoms with van der Waals surface area (Å²) in [6, 6.07) is 12.2. The number of hydrogen-bond donors (Lipinski definition) is 1. The molecule has 1 saturated heterocycles. The number of aromatic hydroxyl groups is 1. The fraction of sp³-hybridized carbons (Fsp3) is 0.500. The van der Waals surface area contributed by atoms with E-state index in [1.807, 2.05) is 23.6 Å². The summed E-state index contributed by atoms with van der Waals surface area (Å²) in [5.74, 6) is -0.580. The highest BCUT2D eigenvalue weighted by Crippen LogP contribution is 2.32. The van der Waals surface area contributed by atoms with Crippen LogP contribution in [0, 0.1) is 5.82 Å². The molecule has 0 spiro atoms. The molecule has 0 amide bonds. The summed E-state index contributed by atoms with van der Waals surface area (Å²) < 4.78 is 22.1. The number of unbranched alkanes of at least 4 members (excludes halogenated alkanes) is 8. The van der Waals surface area contributed by atoms with Crippen LogP contribution in [0.4, 0.5) is 10.1 Å². The Morgan fingerprint density at radius 3 is 2.40 bits per heavy atom. The number of carbonyl (C=O) groups excluding carboxylic acids is 1. The summed E-state index contributed by atoms with van der Waals surface area (Å²) in [5, 5.41) is 14.1. The zero-order valence-corrected chi connectivity index (χ0v) is 27.3. The maximum absolute atomic E-state index is 14.2. The zero-order valence-electron chi connectivity index (χ0n) is 26.4. The molecule has 0 unspecified atom stereocenters. The molecular formula is C36H46FN3O4S. The Bertz CT molecular complexity index is 1630. The number of piperazine rings is 1. The van der Waals surface area contributed by atoms with Gasteiger partial charge >= 0.3 is 5.97 Å². The second-order valence-electron chi connectivity index (χ2n) is 12.2. The van der Waals surface area contributed by atoms with E-state index in [2.05, 4.69) is 22.8 Å². The second kappa shape index (κ2) is 16.2. The number of nitrogens with zero attached hydrogens (tertiary/aromatic N) is 3. The van der Waals surface area contributed by atoms with Crippen molar-refractivity contribution >= 4 is 44.0 Å². The average molecular weight is 636 g/mol. The molecule has 0 saturated carbocycles. The van der Waals surface area contributed by atoms with Crippen LogP contribution in [-0.2, 0) is 22.7 Å². The molecule has 0 atom stereocenters. The maximum atomic E-state index is 14.2. The summed E-state index contributed by atoms with van der Waals surface area (Å²) in [4.78, 5) is 29.9. The van der Waals surface area contributed by atoms with E-state index < -0.39 is 5.56 Å². The number of carbonyl (C=O) groups is 1. The van der Waals surface area contributed by atoms with Crippen LogP contribution in [0.15, 0.2) is 52.6 Å². The van der Waals surface area contributed by atoms with E-state index in [-0.39, 0.29) is 24.3 Å². The molecule has 4 aromatic rings. The molecule has 3 heterocycles. The number of esters is 1. The highest BCUT2D eigenvalue weighted by molar-refractivity contribution is 7.17. The molecule has 7 nitrogen and oxygen atoms in total. The molecule has 9 heteroatoms. The first-order valence-corrected chi connectivity index (χ1v) is 17.5. The van der Waals surface area contributed by atoms with E-state index in [1.165, 1.54) is 49.2 Å². The number of halogens is 1. The van der Waals surface area contributed by atoms with Crippen molar-refractivity contribution in [3.05, 3.63) is 69.6 Å². The Balaban J connectivity index is 1.12. The average Bonchev–Trinajstić information content (AvgIpc) is 3.51. The van der Waals surface area contributed by atoms with Crippen LogP contribution in [0.3, 0.4) is 0 Å². The Kier molecular flexibility index (Phi) is 11.9. The lowest BCUT2D eigenvalue weighted by Crippen LogP contribution is -2.47. The van der Waals surface area contributed by atoms with Crippen LogP contribution in [-0.4, -0.2) is 53.3 Å². The predicted molar refractivity (Wildman–Crippen MR) is 182 cm³/mol. The lowest BCUT2D eigenvalue weighted by atomic mass is 10.1. The van der Waals surface area contributed by atoms with Gasteiger partial charge in [-0.15, -0.1) is 11.3 Å². The molecule has 2 aromatic carbocycles. The molecule has 5 rings (SSSR count). The van der Waals surface area contributed by atoms with Gasteiger partial charge in [0.05, 0.1) is 5.52 Å². The van der Waals surface area contributed by atoms with Gasteiger partial charge in [0.15, 0.2) is 6.73 Å². The maximum Gasteiger partial charge on any atom is 0.307 e. The summed E-state index contributed by atoms with van der Waals surface area (Å²) in [7, 11) is 0. The monoisotopic (exact) mass is 635 g/mol. The van der Waals surface area contributed by atoms with Crippen LogP contribution in [0.25, 0.3) is 21.0 Å². The Morgan fingerprint density at radius 2 is 1.64 bits per heavy atom. The fourth-order valence-electron chi connectivity index (χ4n) is 6.27. The normalized spacial score (nSPS) is 14.0. The van der Waals surface area contributed by atoms with Crippen molar-refractivity contribution in [2.45, 2.75) is 84.3 Å². The summed E-state index contributed by atoms with van der Waals surface area (Å²) in [6.07, 6.45) is 11.7. The number of rotatable bonds is 16. The van der Waals surface area contributed by atoms with Crippen molar-refractivity contribution in [2.75, 3.05) is 37.6 Å². The van der Waals surface area contributed by atoms with Gasteiger partial charge in [0.25, 0.3) is 5.56 Å². The van der Waals surface area contributed by atoms with Gasteiger partial charge in [-0.25, -0.2) is 4.39 Å². The highest BCUT2D eigenvalue weighted by atomic mass is 32.1. The van der Waals surface area contributed by atoms with Crippen LogP contribution >= 0.6 is 11.3 Å². The van der Waals surface area contributed by atoms with E-state index in [0.717, 1.165) is 79.7 Å². The van der Waals surface area contributed by atoms with Crippen molar-refractivity contribution in [1.29, 1.82) is 0 Å². The predicted octanol–water partition coefficient (Wildman–Crippen LogP) is 7.85. The fourth-order valence-corrected chi connectivity index (χ4v) is 7.10. The molecular weight excluding hydrogens is 589 g/mol. The first-order chi connectivity index (χ1) is 21.9. The summed E-state index contributed by atoms with van der Waals surface area (Å²) >= 11 is 1.56. The Labute approximate surface area is 269 Å². The van der Waals surface area contributed by atoms with Crippen molar-refractivity contribution in [2.24, 2.45) is 0 Å². The SMILES string of the molecule is CCCCCCCCCCCC(=O)OCn1c(=O)cc(O)c2ccc(CCN3CCN(c4cc(F)cc5sccc45)CC3)cc21. The van der Waals surface area contributed by atoms with Gasteiger partial charge in [0.2, 0.25) is 0 Å². The Morgan fingerprint density at radius 1 is 0.911 bits per heavy atom. The molecule has 1 fully saturated rings. The van der Waals surface area contributed by atoms with Gasteiger partial charge in [0, 0.05) is 66.4 Å². The number of ether oxygens (including phenoxy) is 1. The van der Waals surface area contributed by atoms with Crippen LogP contribution in [0.1, 0.15) is 76.7 Å². The molecule has 1 aliphatic rings. The van der Waals surface area contributed by atoms with Crippen molar-refractivity contribution < 1.29 is 19.0 Å². The minimum absolute atomic E-state index is 0.0768. The van der Waals surface area contributed by atoms with Crippen LogP contribution in [0.2, 0.25) is 0 Å². The lowest BCUT2D eigenvalue weighted by molar-refractivity contribution is -0.147. The third-order valence-electron chi connectivity index (χ3n) is 8.94. The van der Waals surface area contributed by atoms with E-state index in [9.17, 15) is 19.1 Å². The van der Waals surface area contributed by atoms with E-state index in [0.29, 0.717) is 17.3 Å². The molecule has 0 bridgehead atoms. The topological polar surface area (TPSA) is 75.0 Å². The lowest BCUT2D eigenvalue weighted by Gasteiger charge is -2.36. The number of anilines is 1. The molecule has 45 heavy (non-hydrogen) atoms. The zero-order chi connectivity index (χ0) is 31.6. The standard InChI is InChI=1S/C36H46FN3O4S/c1-2-3-4-5-6-7-8-9-10-11-36(43)44-26-40-32-22-27(12-13-29(32)33(41)25-35(40)42)14-16-38-17-19-39(20-18-38)31-23-28(37)24-34-30(31)15-21-45-34/h12-13,15,21-25,41H,2-11,14,16-20,26H2,1H3. The highest BCUT2D eigenvalue weighted by Gasteiger charge is 2.20. The smallest absolute Gasteiger partial charge is 0.307 e. The van der Waals surface area contributed by atoms with Crippen molar-refractivity contribution in [3.8, 4) is 5.75 Å². The molecule has 0 radical (unpaired) electrons. The molecule has 1 N–H and O–H groups in total. The third kappa shape index (κ3) is 8.85. The third-order valence-corrected chi connectivity index (χ3v) is 9.80. The first-order valence-electron chi connectivity index (χ1n) is 16.6. The number of fused-ring (bicyclic) bond motifs is 2. The Hall–Kier alpha value is -3.43. The molecule has 242 valence electrons. The number of hydrogen-bond acceptors (Lipinski definition) is 7. The number of pyridine rings is 1.